The molecule has 4 N–H and O–H groups in total. The molecule has 1 aromatic rings. The van der Waals surface area contributed by atoms with E-state index < -0.39 is 4.92 Å². The highest BCUT2D eigenvalue weighted by Crippen LogP contribution is 2.13. The molecule has 7 nitrogen and oxygen atoms in total. The summed E-state index contributed by atoms with van der Waals surface area (Å²) in [6, 6.07) is 7.20. The molecule has 0 heterocycles. The first kappa shape index (κ1) is 16.8. The van der Waals surface area contributed by atoms with Crippen molar-refractivity contribution >= 4 is 0 Å². The van der Waals surface area contributed by atoms with Gasteiger partial charge in [-0.05, 0) is 24.1 Å². The van der Waals surface area contributed by atoms with E-state index in [9.17, 15) is 10.1 Å². The summed E-state index contributed by atoms with van der Waals surface area (Å²) in [6.45, 7) is 2.60. The van der Waals surface area contributed by atoms with Gasteiger partial charge in [0.05, 0.1) is 18.1 Å². The van der Waals surface area contributed by atoms with E-state index >= 15 is 0 Å². The van der Waals surface area contributed by atoms with E-state index in [4.69, 9.17) is 15.6 Å². The smallest absolute Gasteiger partial charge is 0.285 e. The van der Waals surface area contributed by atoms with Gasteiger partial charge in [-0.2, -0.15) is 0 Å². The van der Waals surface area contributed by atoms with Crippen LogP contribution in [0.2, 0.25) is 0 Å². The van der Waals surface area contributed by atoms with Gasteiger partial charge in [-0.15, -0.1) is 0 Å². The van der Waals surface area contributed by atoms with Gasteiger partial charge in [-0.25, -0.2) is 0 Å². The largest absolute Gasteiger partial charge is 0.494 e. The maximum absolute atomic E-state index is 10.7. The Morgan fingerprint density at radius 1 is 1.52 bits per heavy atom. The quantitative estimate of drug-likeness (QED) is 0.360. The first-order chi connectivity index (χ1) is 10.1. The van der Waals surface area contributed by atoms with Gasteiger partial charge in [-0.1, -0.05) is 19.1 Å². The fourth-order valence-corrected chi connectivity index (χ4v) is 1.74. The van der Waals surface area contributed by atoms with E-state index in [0.29, 0.717) is 25.3 Å². The predicted molar refractivity (Wildman–Crippen MR) is 79.0 cm³/mol. The summed E-state index contributed by atoms with van der Waals surface area (Å²) in [7, 11) is 0. The third-order valence-electron chi connectivity index (χ3n) is 2.85. The van der Waals surface area contributed by atoms with Crippen LogP contribution in [0.3, 0.4) is 0 Å². The van der Waals surface area contributed by atoms with Gasteiger partial charge >= 0.3 is 0 Å². The Kier molecular flexibility index (Phi) is 7.03. The molecule has 0 spiro atoms. The monoisotopic (exact) mass is 295 g/mol. The summed E-state index contributed by atoms with van der Waals surface area (Å²) in [5.41, 5.74) is 6.40. The standard InChI is InChI=1S/C14H21N3O4/c1-2-13(17(19)20)14(15)16-7-4-8-21-12-6-3-5-11(9-12)10-18/h3,5-6,9,16,18H,2,4,7-8,10,15H2,1H3. The summed E-state index contributed by atoms with van der Waals surface area (Å²) in [5.74, 6) is 0.786. The number of hydrogen-bond donors (Lipinski definition) is 3. The lowest BCUT2D eigenvalue weighted by atomic mass is 10.2. The van der Waals surface area contributed by atoms with Gasteiger partial charge in [0.1, 0.15) is 5.75 Å². The number of hydrogen-bond acceptors (Lipinski definition) is 6. The number of nitro groups is 1. The van der Waals surface area contributed by atoms with Crippen molar-refractivity contribution in [3.8, 4) is 5.75 Å². The van der Waals surface area contributed by atoms with Gasteiger partial charge in [0.25, 0.3) is 5.70 Å². The minimum absolute atomic E-state index is 0.00781. The summed E-state index contributed by atoms with van der Waals surface area (Å²) in [5, 5.41) is 22.5. The zero-order chi connectivity index (χ0) is 15.7. The van der Waals surface area contributed by atoms with Crippen LogP contribution in [0.4, 0.5) is 0 Å². The second-order valence-corrected chi connectivity index (χ2v) is 4.41. The average Bonchev–Trinajstić information content (AvgIpc) is 2.47. The molecule has 1 aromatic carbocycles. The van der Waals surface area contributed by atoms with Crippen LogP contribution in [0.5, 0.6) is 5.75 Å². The first-order valence-electron chi connectivity index (χ1n) is 6.78. The molecule has 7 heteroatoms. The normalized spacial score (nSPS) is 11.7. The number of nitrogens with zero attached hydrogens (tertiary/aromatic N) is 1. The topological polar surface area (TPSA) is 111 Å². The number of allylic oxidation sites excluding steroid dienone is 1. The van der Waals surface area contributed by atoms with Gasteiger partial charge < -0.3 is 20.9 Å². The molecule has 0 aliphatic carbocycles. The maximum Gasteiger partial charge on any atom is 0.285 e. The molecule has 1 rings (SSSR count). The Labute approximate surface area is 123 Å². The summed E-state index contributed by atoms with van der Waals surface area (Å²) < 4.78 is 5.52. The zero-order valence-electron chi connectivity index (χ0n) is 12.0. The number of ether oxygens (including phenoxy) is 1. The lowest BCUT2D eigenvalue weighted by molar-refractivity contribution is -0.429. The van der Waals surface area contributed by atoms with E-state index in [1.54, 1.807) is 13.0 Å². The Bertz CT molecular complexity index is 503. The Hall–Kier alpha value is -2.28. The Balaban J connectivity index is 2.33. The number of nitrogens with two attached hydrogens (primary N) is 1. The number of aliphatic hydroxyl groups excluding tert-OH is 1. The van der Waals surface area contributed by atoms with Crippen molar-refractivity contribution < 1.29 is 14.8 Å². The maximum atomic E-state index is 10.7. The molecule has 0 aliphatic rings. The third-order valence-corrected chi connectivity index (χ3v) is 2.85. The number of aliphatic hydroxyl groups is 1. The minimum Gasteiger partial charge on any atom is -0.494 e. The molecule has 0 atom stereocenters. The van der Waals surface area contributed by atoms with Crippen LogP contribution in [-0.2, 0) is 6.61 Å². The molecule has 116 valence electrons. The average molecular weight is 295 g/mol. The summed E-state index contributed by atoms with van der Waals surface area (Å²) in [6.07, 6.45) is 0.926. The molecule has 0 saturated carbocycles. The van der Waals surface area contributed by atoms with Crippen LogP contribution >= 0.6 is 0 Å². The minimum atomic E-state index is -0.473. The fourth-order valence-electron chi connectivity index (χ4n) is 1.74. The summed E-state index contributed by atoms with van der Waals surface area (Å²) >= 11 is 0. The van der Waals surface area contributed by atoms with Crippen LogP contribution in [0.25, 0.3) is 0 Å². The number of nitrogens with one attached hydrogen (secondary N) is 1. The van der Waals surface area contributed by atoms with E-state index in [2.05, 4.69) is 5.32 Å². The van der Waals surface area contributed by atoms with Crippen LogP contribution in [-0.4, -0.2) is 23.2 Å². The van der Waals surface area contributed by atoms with Gasteiger partial charge in [0.15, 0.2) is 5.82 Å². The second kappa shape index (κ2) is 8.80. The molecule has 0 radical (unpaired) electrons. The van der Waals surface area contributed by atoms with Gasteiger partial charge in [-0.3, -0.25) is 10.1 Å². The third kappa shape index (κ3) is 5.70. The van der Waals surface area contributed by atoms with Crippen LogP contribution in [0.1, 0.15) is 25.3 Å². The van der Waals surface area contributed by atoms with Crippen molar-refractivity contribution in [1.82, 2.24) is 5.32 Å². The van der Waals surface area contributed by atoms with Crippen molar-refractivity contribution in [2.75, 3.05) is 13.2 Å². The predicted octanol–water partition coefficient (Wildman–Crippen LogP) is 1.35. The molecule has 0 aromatic heterocycles. The van der Waals surface area contributed by atoms with E-state index in [0.717, 1.165) is 5.56 Å². The van der Waals surface area contributed by atoms with E-state index in [-0.39, 0.29) is 24.5 Å². The summed E-state index contributed by atoms with van der Waals surface area (Å²) in [4.78, 5) is 10.2. The van der Waals surface area contributed by atoms with Crippen molar-refractivity contribution in [3.05, 3.63) is 51.5 Å². The molecular formula is C14H21N3O4. The SMILES string of the molecule is CCC(=C(N)NCCCOc1cccc(CO)c1)[N+](=O)[O-]. The molecule has 0 fully saturated rings. The second-order valence-electron chi connectivity index (χ2n) is 4.41. The molecule has 0 saturated heterocycles. The van der Waals surface area contributed by atoms with Gasteiger partial charge in [0.2, 0.25) is 0 Å². The number of benzene rings is 1. The van der Waals surface area contributed by atoms with Crippen LogP contribution in [0.15, 0.2) is 35.8 Å². The zero-order valence-corrected chi connectivity index (χ0v) is 12.0. The lowest BCUT2D eigenvalue weighted by Gasteiger charge is -2.09. The van der Waals surface area contributed by atoms with Crippen LogP contribution < -0.4 is 15.8 Å². The van der Waals surface area contributed by atoms with Gasteiger partial charge in [0, 0.05) is 13.0 Å². The molecule has 0 bridgehead atoms. The molecule has 0 unspecified atom stereocenters. The Morgan fingerprint density at radius 2 is 2.29 bits per heavy atom. The first-order valence-corrected chi connectivity index (χ1v) is 6.78. The van der Waals surface area contributed by atoms with Crippen molar-refractivity contribution in [2.24, 2.45) is 5.73 Å². The number of rotatable bonds is 9. The van der Waals surface area contributed by atoms with Crippen LogP contribution in [0, 0.1) is 10.1 Å². The highest BCUT2D eigenvalue weighted by atomic mass is 16.6. The highest BCUT2D eigenvalue weighted by Gasteiger charge is 2.12. The molecule has 0 aliphatic heterocycles. The highest BCUT2D eigenvalue weighted by molar-refractivity contribution is 5.27. The molecular weight excluding hydrogens is 274 g/mol. The lowest BCUT2D eigenvalue weighted by Crippen LogP contribution is -2.26. The molecule has 21 heavy (non-hydrogen) atoms. The van der Waals surface area contributed by atoms with E-state index in [1.807, 2.05) is 18.2 Å². The van der Waals surface area contributed by atoms with E-state index in [1.165, 1.54) is 0 Å². The van der Waals surface area contributed by atoms with Crippen molar-refractivity contribution in [1.29, 1.82) is 0 Å². The van der Waals surface area contributed by atoms with Crippen molar-refractivity contribution in [3.63, 3.8) is 0 Å². The Morgan fingerprint density at radius 3 is 2.90 bits per heavy atom. The molecule has 0 amide bonds. The van der Waals surface area contributed by atoms with Crippen molar-refractivity contribution in [2.45, 2.75) is 26.4 Å². The fraction of sp³-hybridized carbons (Fsp3) is 0.429.